The SMILES string of the molecule is CC(C)=CC(=O)NCC(C)Cn1nc(C)cc1C. The van der Waals surface area contributed by atoms with Gasteiger partial charge in [0.1, 0.15) is 0 Å². The highest BCUT2D eigenvalue weighted by Gasteiger charge is 2.08. The zero-order chi connectivity index (χ0) is 13.7. The number of carbonyl (C=O) groups is 1. The maximum absolute atomic E-state index is 11.5. The third kappa shape index (κ3) is 4.73. The monoisotopic (exact) mass is 249 g/mol. The van der Waals surface area contributed by atoms with Crippen LogP contribution in [0.1, 0.15) is 32.2 Å². The highest BCUT2D eigenvalue weighted by atomic mass is 16.1. The highest BCUT2D eigenvalue weighted by molar-refractivity contribution is 5.87. The molecule has 0 aromatic carbocycles. The Kier molecular flexibility index (Phi) is 5.13. The average molecular weight is 249 g/mol. The largest absolute Gasteiger partial charge is 0.352 e. The second-order valence-electron chi connectivity index (χ2n) is 5.18. The number of nitrogens with one attached hydrogen (secondary N) is 1. The molecule has 1 heterocycles. The van der Waals surface area contributed by atoms with Crippen LogP contribution in [0.5, 0.6) is 0 Å². The summed E-state index contributed by atoms with van der Waals surface area (Å²) in [7, 11) is 0. The number of hydrogen-bond acceptors (Lipinski definition) is 2. The van der Waals surface area contributed by atoms with E-state index >= 15 is 0 Å². The molecule has 1 unspecified atom stereocenters. The fraction of sp³-hybridized carbons (Fsp3) is 0.571. The zero-order valence-corrected chi connectivity index (χ0v) is 11.9. The van der Waals surface area contributed by atoms with Crippen molar-refractivity contribution in [1.82, 2.24) is 15.1 Å². The molecule has 100 valence electrons. The molecule has 4 heteroatoms. The summed E-state index contributed by atoms with van der Waals surface area (Å²) in [5.41, 5.74) is 3.21. The number of carbonyl (C=O) groups excluding carboxylic acids is 1. The van der Waals surface area contributed by atoms with E-state index in [9.17, 15) is 4.79 Å². The van der Waals surface area contributed by atoms with E-state index in [-0.39, 0.29) is 5.91 Å². The number of nitrogens with zero attached hydrogens (tertiary/aromatic N) is 2. The summed E-state index contributed by atoms with van der Waals surface area (Å²) in [5.74, 6) is 0.340. The van der Waals surface area contributed by atoms with Gasteiger partial charge in [-0.25, -0.2) is 0 Å². The molecule has 0 radical (unpaired) electrons. The van der Waals surface area contributed by atoms with Crippen LogP contribution in [0.15, 0.2) is 17.7 Å². The smallest absolute Gasteiger partial charge is 0.243 e. The molecule has 0 aliphatic rings. The van der Waals surface area contributed by atoms with E-state index in [0.717, 1.165) is 23.5 Å². The highest BCUT2D eigenvalue weighted by Crippen LogP contribution is 2.05. The Morgan fingerprint density at radius 1 is 1.50 bits per heavy atom. The standard InChI is InChI=1S/C14H23N3O/c1-10(2)6-14(18)15-8-11(3)9-17-13(5)7-12(4)16-17/h6-7,11H,8-9H2,1-5H3,(H,15,18). The van der Waals surface area contributed by atoms with E-state index in [1.165, 1.54) is 0 Å². The molecule has 0 bridgehead atoms. The van der Waals surface area contributed by atoms with Crippen LogP contribution < -0.4 is 5.32 Å². The first-order chi connectivity index (χ1) is 8.38. The summed E-state index contributed by atoms with van der Waals surface area (Å²) in [6, 6.07) is 2.06. The lowest BCUT2D eigenvalue weighted by atomic mass is 10.2. The summed E-state index contributed by atoms with van der Waals surface area (Å²) in [6.07, 6.45) is 1.62. The van der Waals surface area contributed by atoms with Crippen molar-refractivity contribution in [2.45, 2.75) is 41.2 Å². The van der Waals surface area contributed by atoms with E-state index in [1.807, 2.05) is 25.5 Å². The minimum Gasteiger partial charge on any atom is -0.352 e. The molecular weight excluding hydrogens is 226 g/mol. The van der Waals surface area contributed by atoms with Crippen LogP contribution in [0.2, 0.25) is 0 Å². The van der Waals surface area contributed by atoms with Crippen LogP contribution >= 0.6 is 0 Å². The van der Waals surface area contributed by atoms with Crippen LogP contribution in [-0.2, 0) is 11.3 Å². The number of aryl methyl sites for hydroxylation is 2. The van der Waals surface area contributed by atoms with Crippen molar-refractivity contribution in [3.63, 3.8) is 0 Å². The van der Waals surface area contributed by atoms with Gasteiger partial charge in [-0.2, -0.15) is 5.10 Å². The van der Waals surface area contributed by atoms with Gasteiger partial charge < -0.3 is 5.32 Å². The molecule has 0 fully saturated rings. The Morgan fingerprint density at radius 3 is 2.67 bits per heavy atom. The van der Waals surface area contributed by atoms with E-state index in [0.29, 0.717) is 12.5 Å². The van der Waals surface area contributed by atoms with Gasteiger partial charge in [0.25, 0.3) is 0 Å². The van der Waals surface area contributed by atoms with Crippen molar-refractivity contribution >= 4 is 5.91 Å². The molecule has 0 saturated heterocycles. The molecule has 4 nitrogen and oxygen atoms in total. The summed E-state index contributed by atoms with van der Waals surface area (Å²) in [5, 5.41) is 7.32. The van der Waals surface area contributed by atoms with E-state index < -0.39 is 0 Å². The van der Waals surface area contributed by atoms with Crippen LogP contribution in [0, 0.1) is 19.8 Å². The third-order valence-electron chi connectivity index (χ3n) is 2.63. The number of amides is 1. The van der Waals surface area contributed by atoms with Crippen molar-refractivity contribution in [3.8, 4) is 0 Å². The van der Waals surface area contributed by atoms with Crippen LogP contribution in [-0.4, -0.2) is 22.2 Å². The summed E-state index contributed by atoms with van der Waals surface area (Å²) in [6.45, 7) is 11.5. The van der Waals surface area contributed by atoms with Gasteiger partial charge in [0.2, 0.25) is 5.91 Å². The van der Waals surface area contributed by atoms with Crippen LogP contribution in [0.25, 0.3) is 0 Å². The molecule has 18 heavy (non-hydrogen) atoms. The zero-order valence-electron chi connectivity index (χ0n) is 11.9. The second kappa shape index (κ2) is 6.38. The number of aromatic nitrogens is 2. The predicted octanol–water partition coefficient (Wildman–Crippen LogP) is 2.22. The molecule has 1 aromatic rings. The lowest BCUT2D eigenvalue weighted by molar-refractivity contribution is -0.116. The molecule has 0 saturated carbocycles. The van der Waals surface area contributed by atoms with Crippen molar-refractivity contribution in [1.29, 1.82) is 0 Å². The van der Waals surface area contributed by atoms with Crippen LogP contribution in [0.4, 0.5) is 0 Å². The molecule has 0 aliphatic carbocycles. The van der Waals surface area contributed by atoms with Gasteiger partial charge in [0.15, 0.2) is 0 Å². The van der Waals surface area contributed by atoms with Crippen molar-refractivity contribution in [2.24, 2.45) is 5.92 Å². The Morgan fingerprint density at radius 2 is 2.17 bits per heavy atom. The number of rotatable bonds is 5. The molecule has 0 spiro atoms. The van der Waals surface area contributed by atoms with Gasteiger partial charge in [-0.15, -0.1) is 0 Å². The molecular formula is C14H23N3O. The minimum absolute atomic E-state index is 0.0183. The first kappa shape index (κ1) is 14.5. The van der Waals surface area contributed by atoms with Gasteiger partial charge in [-0.1, -0.05) is 12.5 Å². The molecule has 1 aromatic heterocycles. The maximum Gasteiger partial charge on any atom is 0.243 e. The van der Waals surface area contributed by atoms with Gasteiger partial charge in [0, 0.05) is 24.9 Å². The van der Waals surface area contributed by atoms with Crippen LogP contribution in [0.3, 0.4) is 0 Å². The third-order valence-corrected chi connectivity index (χ3v) is 2.63. The summed E-state index contributed by atoms with van der Waals surface area (Å²) in [4.78, 5) is 11.5. The Labute approximate surface area is 109 Å². The average Bonchev–Trinajstić information content (AvgIpc) is 2.53. The van der Waals surface area contributed by atoms with Crippen molar-refractivity contribution < 1.29 is 4.79 Å². The Balaban J connectivity index is 2.43. The fourth-order valence-electron chi connectivity index (χ4n) is 1.81. The van der Waals surface area contributed by atoms with E-state index in [2.05, 4.69) is 30.3 Å². The Bertz CT molecular complexity index is 442. The molecule has 1 amide bonds. The molecule has 1 rings (SSSR count). The quantitative estimate of drug-likeness (QED) is 0.813. The minimum atomic E-state index is -0.0183. The first-order valence-electron chi connectivity index (χ1n) is 6.32. The van der Waals surface area contributed by atoms with E-state index in [1.54, 1.807) is 6.08 Å². The lowest BCUT2D eigenvalue weighted by Crippen LogP contribution is -2.29. The summed E-state index contributed by atoms with van der Waals surface area (Å²) < 4.78 is 1.99. The van der Waals surface area contributed by atoms with E-state index in [4.69, 9.17) is 0 Å². The topological polar surface area (TPSA) is 46.9 Å². The lowest BCUT2D eigenvalue weighted by Gasteiger charge is -2.13. The molecule has 0 aliphatic heterocycles. The van der Waals surface area contributed by atoms with Gasteiger partial charge in [-0.3, -0.25) is 9.48 Å². The molecule has 1 atom stereocenters. The number of allylic oxidation sites excluding steroid dienone is 1. The molecule has 1 N–H and O–H groups in total. The summed E-state index contributed by atoms with van der Waals surface area (Å²) >= 11 is 0. The first-order valence-corrected chi connectivity index (χ1v) is 6.32. The normalized spacial score (nSPS) is 12.1. The van der Waals surface area contributed by atoms with Gasteiger partial charge in [-0.05, 0) is 39.7 Å². The predicted molar refractivity (Wildman–Crippen MR) is 73.3 cm³/mol. The maximum atomic E-state index is 11.5. The Hall–Kier alpha value is -1.58. The second-order valence-corrected chi connectivity index (χ2v) is 5.18. The van der Waals surface area contributed by atoms with Gasteiger partial charge in [0.05, 0.1) is 5.69 Å². The van der Waals surface area contributed by atoms with Crippen molar-refractivity contribution in [2.75, 3.05) is 6.54 Å². The number of hydrogen-bond donors (Lipinski definition) is 1. The van der Waals surface area contributed by atoms with Crippen molar-refractivity contribution in [3.05, 3.63) is 29.1 Å². The fourth-order valence-corrected chi connectivity index (χ4v) is 1.81. The van der Waals surface area contributed by atoms with Gasteiger partial charge >= 0.3 is 0 Å².